The lowest BCUT2D eigenvalue weighted by atomic mass is 10.2. The van der Waals surface area contributed by atoms with E-state index in [0.29, 0.717) is 17.9 Å². The standard InChI is InChI=1S/C18H13NO4S/c20-8-12-1-4-15(5-2-12)21-9-14-10-24-18(19-14)13-3-6-16-17(7-13)23-11-22-16/h1-8,10H,9,11H2. The van der Waals surface area contributed by atoms with E-state index in [4.69, 9.17) is 14.2 Å². The number of fused-ring (bicyclic) bond motifs is 1. The number of ether oxygens (including phenoxy) is 3. The number of hydrogen-bond donors (Lipinski definition) is 0. The van der Waals surface area contributed by atoms with Gasteiger partial charge in [-0.05, 0) is 42.5 Å². The summed E-state index contributed by atoms with van der Waals surface area (Å²) in [6.45, 7) is 0.639. The maximum atomic E-state index is 10.6. The van der Waals surface area contributed by atoms with Crippen LogP contribution in [0.5, 0.6) is 17.2 Å². The Balaban J connectivity index is 1.45. The van der Waals surface area contributed by atoms with Crippen molar-refractivity contribution in [1.82, 2.24) is 4.98 Å². The maximum absolute atomic E-state index is 10.6. The average Bonchev–Trinajstić information content (AvgIpc) is 3.29. The fraction of sp³-hybridized carbons (Fsp3) is 0.111. The normalized spacial score (nSPS) is 12.2. The summed E-state index contributed by atoms with van der Waals surface area (Å²) in [5, 5.41) is 2.88. The Morgan fingerprint density at radius 2 is 1.96 bits per heavy atom. The third kappa shape index (κ3) is 2.96. The summed E-state index contributed by atoms with van der Waals surface area (Å²) in [4.78, 5) is 15.2. The highest BCUT2D eigenvalue weighted by molar-refractivity contribution is 7.13. The van der Waals surface area contributed by atoms with Crippen LogP contribution in [-0.4, -0.2) is 18.1 Å². The number of thiazole rings is 1. The molecule has 0 saturated carbocycles. The second-order valence-electron chi connectivity index (χ2n) is 5.19. The molecule has 0 amide bonds. The van der Waals surface area contributed by atoms with E-state index in [1.165, 1.54) is 0 Å². The molecular formula is C18H13NO4S. The van der Waals surface area contributed by atoms with Crippen molar-refractivity contribution < 1.29 is 19.0 Å². The van der Waals surface area contributed by atoms with E-state index >= 15 is 0 Å². The van der Waals surface area contributed by atoms with E-state index in [0.717, 1.165) is 34.1 Å². The Kier molecular flexibility index (Phi) is 3.88. The van der Waals surface area contributed by atoms with Gasteiger partial charge in [0.25, 0.3) is 0 Å². The highest BCUT2D eigenvalue weighted by Gasteiger charge is 2.15. The molecular weight excluding hydrogens is 326 g/mol. The van der Waals surface area contributed by atoms with Crippen LogP contribution < -0.4 is 14.2 Å². The zero-order chi connectivity index (χ0) is 16.4. The molecule has 2 heterocycles. The van der Waals surface area contributed by atoms with Crippen molar-refractivity contribution in [3.63, 3.8) is 0 Å². The summed E-state index contributed by atoms with van der Waals surface area (Å²) in [7, 11) is 0. The molecule has 0 unspecified atom stereocenters. The molecule has 120 valence electrons. The summed E-state index contributed by atoms with van der Waals surface area (Å²) < 4.78 is 16.4. The highest BCUT2D eigenvalue weighted by Crippen LogP contribution is 2.36. The number of hydrogen-bond acceptors (Lipinski definition) is 6. The van der Waals surface area contributed by atoms with Gasteiger partial charge in [-0.15, -0.1) is 11.3 Å². The molecule has 0 spiro atoms. The predicted molar refractivity (Wildman–Crippen MR) is 89.8 cm³/mol. The van der Waals surface area contributed by atoms with Crippen LogP contribution in [0.3, 0.4) is 0 Å². The van der Waals surface area contributed by atoms with Crippen molar-refractivity contribution in [3.8, 4) is 27.8 Å². The number of carbonyl (C=O) groups is 1. The molecule has 24 heavy (non-hydrogen) atoms. The van der Waals surface area contributed by atoms with E-state index < -0.39 is 0 Å². The average molecular weight is 339 g/mol. The predicted octanol–water partition coefficient (Wildman–Crippen LogP) is 3.93. The minimum absolute atomic E-state index is 0.263. The molecule has 0 aliphatic carbocycles. The molecule has 1 aliphatic heterocycles. The van der Waals surface area contributed by atoms with Crippen molar-refractivity contribution >= 4 is 17.6 Å². The molecule has 0 bridgehead atoms. The lowest BCUT2D eigenvalue weighted by Crippen LogP contribution is -1.96. The van der Waals surface area contributed by atoms with Crippen LogP contribution in [0.25, 0.3) is 10.6 Å². The van der Waals surface area contributed by atoms with Gasteiger partial charge in [0.15, 0.2) is 11.5 Å². The number of carbonyl (C=O) groups excluding carboxylic acids is 1. The largest absolute Gasteiger partial charge is 0.487 e. The Bertz CT molecular complexity index is 873. The number of benzene rings is 2. The SMILES string of the molecule is O=Cc1ccc(OCc2csc(-c3ccc4c(c3)OCO4)n2)cc1. The van der Waals surface area contributed by atoms with Gasteiger partial charge in [-0.2, -0.15) is 0 Å². The molecule has 1 aliphatic rings. The summed E-state index contributed by atoms with van der Waals surface area (Å²) in [6.07, 6.45) is 0.807. The second-order valence-corrected chi connectivity index (χ2v) is 6.05. The molecule has 2 aromatic carbocycles. The summed E-state index contributed by atoms with van der Waals surface area (Å²) in [5.41, 5.74) is 2.47. The van der Waals surface area contributed by atoms with Gasteiger partial charge in [0.05, 0.1) is 5.69 Å². The molecule has 5 nitrogen and oxygen atoms in total. The van der Waals surface area contributed by atoms with Crippen molar-refractivity contribution in [2.45, 2.75) is 6.61 Å². The maximum Gasteiger partial charge on any atom is 0.231 e. The third-order valence-corrected chi connectivity index (χ3v) is 4.51. The van der Waals surface area contributed by atoms with Gasteiger partial charge in [-0.25, -0.2) is 4.98 Å². The number of aromatic nitrogens is 1. The molecule has 0 fully saturated rings. The van der Waals surface area contributed by atoms with E-state index in [9.17, 15) is 4.79 Å². The highest BCUT2D eigenvalue weighted by atomic mass is 32.1. The lowest BCUT2D eigenvalue weighted by Gasteiger charge is -2.04. The van der Waals surface area contributed by atoms with Crippen molar-refractivity contribution in [1.29, 1.82) is 0 Å². The second kappa shape index (κ2) is 6.33. The van der Waals surface area contributed by atoms with Crippen LogP contribution in [0, 0.1) is 0 Å². The molecule has 6 heteroatoms. The van der Waals surface area contributed by atoms with E-state index in [-0.39, 0.29) is 6.79 Å². The minimum atomic E-state index is 0.263. The fourth-order valence-electron chi connectivity index (χ4n) is 2.34. The summed E-state index contributed by atoms with van der Waals surface area (Å²) in [6, 6.07) is 12.8. The Labute approximate surface area is 142 Å². The quantitative estimate of drug-likeness (QED) is 0.659. The first-order valence-corrected chi connectivity index (χ1v) is 8.22. The number of nitrogens with zero attached hydrogens (tertiary/aromatic N) is 1. The molecule has 0 radical (unpaired) electrons. The number of aldehydes is 1. The van der Waals surface area contributed by atoms with Crippen LogP contribution in [0.15, 0.2) is 47.8 Å². The third-order valence-electron chi connectivity index (χ3n) is 3.57. The molecule has 1 aromatic heterocycles. The molecule has 0 N–H and O–H groups in total. The Hall–Kier alpha value is -2.86. The first kappa shape index (κ1) is 14.7. The molecule has 0 saturated heterocycles. The van der Waals surface area contributed by atoms with Crippen LogP contribution in [0.2, 0.25) is 0 Å². The van der Waals surface area contributed by atoms with Gasteiger partial charge in [-0.3, -0.25) is 4.79 Å². The van der Waals surface area contributed by atoms with E-state index in [2.05, 4.69) is 4.98 Å². The van der Waals surface area contributed by atoms with Crippen LogP contribution in [0.1, 0.15) is 16.1 Å². The Morgan fingerprint density at radius 1 is 1.12 bits per heavy atom. The van der Waals surface area contributed by atoms with Crippen molar-refractivity contribution in [2.75, 3.05) is 6.79 Å². The van der Waals surface area contributed by atoms with Gasteiger partial charge >= 0.3 is 0 Å². The van der Waals surface area contributed by atoms with E-state index in [1.807, 2.05) is 23.6 Å². The van der Waals surface area contributed by atoms with Gasteiger partial charge in [0.1, 0.15) is 23.7 Å². The molecule has 4 rings (SSSR count). The monoisotopic (exact) mass is 339 g/mol. The zero-order valence-electron chi connectivity index (χ0n) is 12.6. The zero-order valence-corrected chi connectivity index (χ0v) is 13.4. The molecule has 0 atom stereocenters. The summed E-state index contributed by atoms with van der Waals surface area (Å²) >= 11 is 1.56. The molecule has 3 aromatic rings. The van der Waals surface area contributed by atoms with Crippen LogP contribution in [-0.2, 0) is 6.61 Å². The fourth-order valence-corrected chi connectivity index (χ4v) is 3.14. The smallest absolute Gasteiger partial charge is 0.231 e. The minimum Gasteiger partial charge on any atom is -0.487 e. The number of rotatable bonds is 5. The van der Waals surface area contributed by atoms with Crippen LogP contribution in [0.4, 0.5) is 0 Å². The first-order valence-electron chi connectivity index (χ1n) is 7.34. The van der Waals surface area contributed by atoms with Crippen molar-refractivity contribution in [3.05, 3.63) is 59.1 Å². The Morgan fingerprint density at radius 3 is 2.79 bits per heavy atom. The van der Waals surface area contributed by atoms with Gasteiger partial charge < -0.3 is 14.2 Å². The first-order chi connectivity index (χ1) is 11.8. The van der Waals surface area contributed by atoms with Crippen molar-refractivity contribution in [2.24, 2.45) is 0 Å². The lowest BCUT2D eigenvalue weighted by molar-refractivity contribution is 0.112. The van der Waals surface area contributed by atoms with Crippen LogP contribution >= 0.6 is 11.3 Å². The van der Waals surface area contributed by atoms with Gasteiger partial charge in [0, 0.05) is 16.5 Å². The van der Waals surface area contributed by atoms with Gasteiger partial charge in [0.2, 0.25) is 6.79 Å². The summed E-state index contributed by atoms with van der Waals surface area (Å²) in [5.74, 6) is 2.21. The topological polar surface area (TPSA) is 57.7 Å². The van der Waals surface area contributed by atoms with E-state index in [1.54, 1.807) is 35.6 Å². The van der Waals surface area contributed by atoms with Gasteiger partial charge in [-0.1, -0.05) is 0 Å².